The molecule has 0 aliphatic heterocycles. The minimum atomic E-state index is -0.141. The van der Waals surface area contributed by atoms with Gasteiger partial charge in [0.25, 0.3) is 5.91 Å². The van der Waals surface area contributed by atoms with Crippen molar-refractivity contribution in [1.82, 2.24) is 4.98 Å². The molecule has 2 aromatic rings. The third kappa shape index (κ3) is 3.07. The number of para-hydroxylation sites is 1. The second-order valence-corrected chi connectivity index (χ2v) is 3.74. The monoisotopic (exact) mass is 242 g/mol. The van der Waals surface area contributed by atoms with Crippen LogP contribution in [0.3, 0.4) is 0 Å². The highest BCUT2D eigenvalue weighted by Crippen LogP contribution is 2.10. The molecule has 0 fully saturated rings. The van der Waals surface area contributed by atoms with Crippen LogP contribution in [0.1, 0.15) is 0 Å². The van der Waals surface area contributed by atoms with E-state index in [9.17, 15) is 4.79 Å². The van der Waals surface area contributed by atoms with E-state index in [1.54, 1.807) is 19.3 Å². The van der Waals surface area contributed by atoms with Crippen molar-refractivity contribution in [2.75, 3.05) is 18.6 Å². The summed E-state index contributed by atoms with van der Waals surface area (Å²) in [6.07, 6.45) is 1.65. The van der Waals surface area contributed by atoms with Crippen molar-refractivity contribution in [1.29, 1.82) is 0 Å². The van der Waals surface area contributed by atoms with Crippen LogP contribution in [0.5, 0.6) is 5.75 Å². The molecule has 0 unspecified atom stereocenters. The zero-order chi connectivity index (χ0) is 12.8. The van der Waals surface area contributed by atoms with Crippen LogP contribution in [0.2, 0.25) is 0 Å². The van der Waals surface area contributed by atoms with E-state index in [0.29, 0.717) is 11.6 Å². The molecule has 0 saturated heterocycles. The molecule has 0 aliphatic carbocycles. The number of amides is 1. The Labute approximate surface area is 106 Å². The molecule has 1 aromatic heterocycles. The number of hydrogen-bond acceptors (Lipinski definition) is 3. The predicted octanol–water partition coefficient (Wildman–Crippen LogP) is 2.12. The molecular formula is C14H14N2O2. The summed E-state index contributed by atoms with van der Waals surface area (Å²) in [4.78, 5) is 17.5. The third-order valence-corrected chi connectivity index (χ3v) is 2.47. The lowest BCUT2D eigenvalue weighted by Crippen LogP contribution is -2.31. The highest BCUT2D eigenvalue weighted by molar-refractivity contribution is 5.92. The van der Waals surface area contributed by atoms with Gasteiger partial charge in [-0.3, -0.25) is 9.69 Å². The maximum absolute atomic E-state index is 11.9. The van der Waals surface area contributed by atoms with Crippen LogP contribution < -0.4 is 9.64 Å². The Morgan fingerprint density at radius 1 is 1.17 bits per heavy atom. The van der Waals surface area contributed by atoms with Gasteiger partial charge in [-0.05, 0) is 24.3 Å². The number of likely N-dealkylation sites (N-methyl/N-ethyl adjacent to an activating group) is 1. The predicted molar refractivity (Wildman–Crippen MR) is 69.6 cm³/mol. The summed E-state index contributed by atoms with van der Waals surface area (Å²) in [5, 5.41) is 0. The van der Waals surface area contributed by atoms with E-state index in [4.69, 9.17) is 4.74 Å². The normalized spacial score (nSPS) is 9.83. The molecule has 1 amide bonds. The van der Waals surface area contributed by atoms with Crippen LogP contribution in [0.15, 0.2) is 54.7 Å². The fraction of sp³-hybridized carbons (Fsp3) is 0.143. The number of anilines is 1. The van der Waals surface area contributed by atoms with Crippen molar-refractivity contribution in [3.63, 3.8) is 0 Å². The highest BCUT2D eigenvalue weighted by atomic mass is 16.5. The average Bonchev–Trinajstić information content (AvgIpc) is 2.46. The minimum absolute atomic E-state index is 0.00289. The second kappa shape index (κ2) is 5.82. The van der Waals surface area contributed by atoms with Gasteiger partial charge in [-0.25, -0.2) is 4.98 Å². The summed E-state index contributed by atoms with van der Waals surface area (Å²) < 4.78 is 5.39. The average molecular weight is 242 g/mol. The topological polar surface area (TPSA) is 42.4 Å². The molecule has 0 bridgehead atoms. The second-order valence-electron chi connectivity index (χ2n) is 3.74. The van der Waals surface area contributed by atoms with Crippen molar-refractivity contribution in [2.45, 2.75) is 0 Å². The lowest BCUT2D eigenvalue weighted by atomic mass is 10.3. The van der Waals surface area contributed by atoms with E-state index < -0.39 is 0 Å². The Morgan fingerprint density at radius 3 is 2.56 bits per heavy atom. The van der Waals surface area contributed by atoms with Gasteiger partial charge in [-0.1, -0.05) is 24.3 Å². The van der Waals surface area contributed by atoms with Crippen LogP contribution >= 0.6 is 0 Å². The molecule has 0 spiro atoms. The first-order valence-electron chi connectivity index (χ1n) is 5.63. The van der Waals surface area contributed by atoms with Crippen LogP contribution in [0, 0.1) is 0 Å². The molecule has 0 radical (unpaired) electrons. The molecule has 0 saturated carbocycles. The van der Waals surface area contributed by atoms with Gasteiger partial charge in [0.2, 0.25) is 0 Å². The van der Waals surface area contributed by atoms with Crippen LogP contribution in [-0.2, 0) is 4.79 Å². The molecule has 0 N–H and O–H groups in total. The summed E-state index contributed by atoms with van der Waals surface area (Å²) in [7, 11) is 1.68. The number of nitrogens with zero attached hydrogens (tertiary/aromatic N) is 2. The molecule has 18 heavy (non-hydrogen) atoms. The van der Waals surface area contributed by atoms with Crippen molar-refractivity contribution in [3.05, 3.63) is 54.7 Å². The standard InChI is InChI=1S/C14H14N2O2/c1-16(13-9-5-6-10-15-13)14(17)11-18-12-7-3-2-4-8-12/h2-10H,11H2,1H3. The molecule has 0 atom stereocenters. The summed E-state index contributed by atoms with van der Waals surface area (Å²) >= 11 is 0. The summed E-state index contributed by atoms with van der Waals surface area (Å²) in [5.41, 5.74) is 0. The Bertz CT molecular complexity index is 500. The van der Waals surface area contributed by atoms with Crippen LogP contribution in [-0.4, -0.2) is 24.5 Å². The lowest BCUT2D eigenvalue weighted by molar-refractivity contribution is -0.120. The van der Waals surface area contributed by atoms with Gasteiger partial charge in [0, 0.05) is 13.2 Å². The van der Waals surface area contributed by atoms with Crippen molar-refractivity contribution < 1.29 is 9.53 Å². The first-order chi connectivity index (χ1) is 8.77. The van der Waals surface area contributed by atoms with Gasteiger partial charge in [0.05, 0.1) is 0 Å². The van der Waals surface area contributed by atoms with Gasteiger partial charge < -0.3 is 4.74 Å². The largest absolute Gasteiger partial charge is 0.484 e. The summed E-state index contributed by atoms with van der Waals surface area (Å²) in [6, 6.07) is 14.7. The quantitative estimate of drug-likeness (QED) is 0.824. The number of carbonyl (C=O) groups is 1. The number of rotatable bonds is 4. The Kier molecular flexibility index (Phi) is 3.91. The molecule has 4 heteroatoms. The highest BCUT2D eigenvalue weighted by Gasteiger charge is 2.11. The maximum Gasteiger partial charge on any atom is 0.265 e. The van der Waals surface area contributed by atoms with E-state index in [2.05, 4.69) is 4.98 Å². The van der Waals surface area contributed by atoms with Crippen molar-refractivity contribution >= 4 is 11.7 Å². The van der Waals surface area contributed by atoms with Crippen molar-refractivity contribution in [2.24, 2.45) is 0 Å². The first kappa shape index (κ1) is 12.1. The fourth-order valence-electron chi connectivity index (χ4n) is 1.44. The molecule has 92 valence electrons. The molecule has 1 aromatic carbocycles. The Hall–Kier alpha value is -2.36. The number of benzene rings is 1. The maximum atomic E-state index is 11.9. The van der Waals surface area contributed by atoms with E-state index in [-0.39, 0.29) is 12.5 Å². The van der Waals surface area contributed by atoms with E-state index in [1.165, 1.54) is 4.90 Å². The van der Waals surface area contributed by atoms with Gasteiger partial charge in [0.1, 0.15) is 11.6 Å². The summed E-state index contributed by atoms with van der Waals surface area (Å²) in [6.45, 7) is -0.00289. The smallest absolute Gasteiger partial charge is 0.265 e. The SMILES string of the molecule is CN(C(=O)COc1ccccc1)c1ccccn1. The zero-order valence-electron chi connectivity index (χ0n) is 10.1. The van der Waals surface area contributed by atoms with Gasteiger partial charge >= 0.3 is 0 Å². The van der Waals surface area contributed by atoms with Gasteiger partial charge in [0.15, 0.2) is 6.61 Å². The molecule has 1 heterocycles. The number of carbonyl (C=O) groups excluding carboxylic acids is 1. The van der Waals surface area contributed by atoms with Gasteiger partial charge in [-0.2, -0.15) is 0 Å². The van der Waals surface area contributed by atoms with E-state index in [0.717, 1.165) is 0 Å². The Morgan fingerprint density at radius 2 is 1.89 bits per heavy atom. The number of pyridine rings is 1. The van der Waals surface area contributed by atoms with Crippen molar-refractivity contribution in [3.8, 4) is 5.75 Å². The fourth-order valence-corrected chi connectivity index (χ4v) is 1.44. The molecule has 0 aliphatic rings. The minimum Gasteiger partial charge on any atom is -0.484 e. The molecule has 4 nitrogen and oxygen atoms in total. The van der Waals surface area contributed by atoms with E-state index >= 15 is 0 Å². The van der Waals surface area contributed by atoms with Crippen LogP contribution in [0.25, 0.3) is 0 Å². The molecular weight excluding hydrogens is 228 g/mol. The Balaban J connectivity index is 1.93. The van der Waals surface area contributed by atoms with E-state index in [1.807, 2.05) is 42.5 Å². The lowest BCUT2D eigenvalue weighted by Gasteiger charge is -2.16. The molecule has 2 rings (SSSR count). The summed E-state index contributed by atoms with van der Waals surface area (Å²) in [5.74, 6) is 1.15. The first-order valence-corrected chi connectivity index (χ1v) is 5.63. The van der Waals surface area contributed by atoms with Gasteiger partial charge in [-0.15, -0.1) is 0 Å². The third-order valence-electron chi connectivity index (χ3n) is 2.47. The number of hydrogen-bond donors (Lipinski definition) is 0. The van der Waals surface area contributed by atoms with Crippen LogP contribution in [0.4, 0.5) is 5.82 Å². The number of ether oxygens (including phenoxy) is 1. The number of aromatic nitrogens is 1. The zero-order valence-corrected chi connectivity index (χ0v) is 10.1.